The molecular formula is C14H19F3N4O2. The van der Waals surface area contributed by atoms with E-state index in [1.807, 2.05) is 6.92 Å². The molecule has 1 atom stereocenters. The van der Waals surface area contributed by atoms with Gasteiger partial charge in [0.1, 0.15) is 6.61 Å². The predicted octanol–water partition coefficient (Wildman–Crippen LogP) is 1.23. The first-order valence-corrected chi connectivity index (χ1v) is 7.61. The molecule has 3 heterocycles. The molecule has 3 rings (SSSR count). The summed E-state index contributed by atoms with van der Waals surface area (Å²) >= 11 is 0. The average Bonchev–Trinajstić information content (AvgIpc) is 2.96. The first-order chi connectivity index (χ1) is 10.8. The van der Waals surface area contributed by atoms with Crippen molar-refractivity contribution in [2.75, 3.05) is 39.3 Å². The van der Waals surface area contributed by atoms with E-state index in [1.54, 1.807) is 15.6 Å². The van der Waals surface area contributed by atoms with Gasteiger partial charge in [-0.05, 0) is 5.92 Å². The van der Waals surface area contributed by atoms with Crippen molar-refractivity contribution < 1.29 is 22.7 Å². The minimum Gasteiger partial charge on any atom is -0.476 e. The zero-order chi connectivity index (χ0) is 16.6. The number of fused-ring (bicyclic) bond motifs is 1. The Labute approximate surface area is 131 Å². The van der Waals surface area contributed by atoms with Crippen LogP contribution in [0.2, 0.25) is 0 Å². The van der Waals surface area contributed by atoms with Gasteiger partial charge in [-0.25, -0.2) is 4.68 Å². The smallest absolute Gasteiger partial charge is 0.401 e. The quantitative estimate of drug-likeness (QED) is 0.817. The number of carbonyl (C=O) groups excluding carboxylic acids is 1. The Morgan fingerprint density at radius 3 is 2.83 bits per heavy atom. The molecule has 0 aliphatic carbocycles. The molecule has 128 valence electrons. The third-order valence-corrected chi connectivity index (χ3v) is 3.99. The molecule has 0 N–H and O–H groups in total. The summed E-state index contributed by atoms with van der Waals surface area (Å²) in [6.07, 6.45) is -4.22. The maximum atomic E-state index is 12.6. The number of aromatic nitrogens is 2. The summed E-state index contributed by atoms with van der Waals surface area (Å²) in [7, 11) is 0. The van der Waals surface area contributed by atoms with Crippen LogP contribution in [0.15, 0.2) is 6.07 Å². The van der Waals surface area contributed by atoms with E-state index in [0.29, 0.717) is 32.1 Å². The maximum Gasteiger partial charge on any atom is 0.401 e. The SMILES string of the molecule is CC1CN(CC(F)(F)F)CCN(C(=O)c2cc3n(n2)CCO3)C1. The van der Waals surface area contributed by atoms with Crippen LogP contribution in [0.5, 0.6) is 5.88 Å². The Morgan fingerprint density at radius 2 is 2.13 bits per heavy atom. The summed E-state index contributed by atoms with van der Waals surface area (Å²) in [6.45, 7) is 3.30. The first kappa shape index (κ1) is 16.1. The zero-order valence-corrected chi connectivity index (χ0v) is 12.8. The number of nitrogens with zero attached hydrogens (tertiary/aromatic N) is 4. The van der Waals surface area contributed by atoms with E-state index in [9.17, 15) is 18.0 Å². The van der Waals surface area contributed by atoms with Crippen LogP contribution in [0.4, 0.5) is 13.2 Å². The summed E-state index contributed by atoms with van der Waals surface area (Å²) in [5.41, 5.74) is 0.288. The molecule has 0 radical (unpaired) electrons. The number of hydrogen-bond acceptors (Lipinski definition) is 4. The highest BCUT2D eigenvalue weighted by molar-refractivity contribution is 5.92. The molecule has 1 amide bonds. The van der Waals surface area contributed by atoms with Gasteiger partial charge in [-0.3, -0.25) is 9.69 Å². The van der Waals surface area contributed by atoms with Gasteiger partial charge in [0, 0.05) is 32.2 Å². The molecule has 1 saturated heterocycles. The lowest BCUT2D eigenvalue weighted by molar-refractivity contribution is -0.146. The highest BCUT2D eigenvalue weighted by atomic mass is 19.4. The van der Waals surface area contributed by atoms with Crippen LogP contribution in [-0.4, -0.2) is 71.0 Å². The summed E-state index contributed by atoms with van der Waals surface area (Å²) in [6, 6.07) is 1.60. The number of hydrogen-bond donors (Lipinski definition) is 0. The molecule has 0 aromatic carbocycles. The third kappa shape index (κ3) is 3.77. The molecule has 0 saturated carbocycles. The molecule has 6 nitrogen and oxygen atoms in total. The van der Waals surface area contributed by atoms with Gasteiger partial charge in [-0.15, -0.1) is 0 Å². The molecule has 9 heteroatoms. The van der Waals surface area contributed by atoms with Crippen LogP contribution in [-0.2, 0) is 6.54 Å². The Morgan fingerprint density at radius 1 is 1.35 bits per heavy atom. The molecular weight excluding hydrogens is 313 g/mol. The fourth-order valence-corrected chi connectivity index (χ4v) is 3.08. The van der Waals surface area contributed by atoms with Crippen molar-refractivity contribution in [2.45, 2.75) is 19.6 Å². The lowest BCUT2D eigenvalue weighted by Gasteiger charge is -2.22. The van der Waals surface area contributed by atoms with Crippen molar-refractivity contribution in [3.8, 4) is 5.88 Å². The molecule has 1 unspecified atom stereocenters. The summed E-state index contributed by atoms with van der Waals surface area (Å²) in [4.78, 5) is 15.5. The van der Waals surface area contributed by atoms with Crippen molar-refractivity contribution in [3.63, 3.8) is 0 Å². The number of amides is 1. The van der Waals surface area contributed by atoms with E-state index in [-0.39, 0.29) is 30.6 Å². The predicted molar refractivity (Wildman–Crippen MR) is 75.3 cm³/mol. The second-order valence-corrected chi connectivity index (χ2v) is 6.15. The van der Waals surface area contributed by atoms with Crippen LogP contribution in [0.3, 0.4) is 0 Å². The van der Waals surface area contributed by atoms with Gasteiger partial charge >= 0.3 is 6.18 Å². The van der Waals surface area contributed by atoms with Gasteiger partial charge in [0.25, 0.3) is 5.91 Å². The highest BCUT2D eigenvalue weighted by Crippen LogP contribution is 2.22. The molecule has 2 aliphatic heterocycles. The lowest BCUT2D eigenvalue weighted by Crippen LogP contribution is -2.38. The number of halogens is 3. The van der Waals surface area contributed by atoms with Crippen molar-refractivity contribution in [1.29, 1.82) is 0 Å². The zero-order valence-electron chi connectivity index (χ0n) is 12.8. The number of ether oxygens (including phenoxy) is 1. The van der Waals surface area contributed by atoms with Crippen LogP contribution >= 0.6 is 0 Å². The van der Waals surface area contributed by atoms with Crippen LogP contribution < -0.4 is 4.74 Å². The third-order valence-electron chi connectivity index (χ3n) is 3.99. The van der Waals surface area contributed by atoms with Crippen molar-refractivity contribution in [1.82, 2.24) is 19.6 Å². The Kier molecular flexibility index (Phi) is 4.22. The fraction of sp³-hybridized carbons (Fsp3) is 0.714. The van der Waals surface area contributed by atoms with Gasteiger partial charge in [-0.1, -0.05) is 6.92 Å². The lowest BCUT2D eigenvalue weighted by atomic mass is 10.1. The highest BCUT2D eigenvalue weighted by Gasteiger charge is 2.34. The van der Waals surface area contributed by atoms with Gasteiger partial charge in [0.2, 0.25) is 5.88 Å². The van der Waals surface area contributed by atoms with Gasteiger partial charge in [-0.2, -0.15) is 18.3 Å². The van der Waals surface area contributed by atoms with E-state index >= 15 is 0 Å². The molecule has 1 aromatic heterocycles. The van der Waals surface area contributed by atoms with Gasteiger partial charge in [0.15, 0.2) is 5.69 Å². The van der Waals surface area contributed by atoms with Crippen molar-refractivity contribution >= 4 is 5.91 Å². The van der Waals surface area contributed by atoms with E-state index in [0.717, 1.165) is 0 Å². The second-order valence-electron chi connectivity index (χ2n) is 6.15. The fourth-order valence-electron chi connectivity index (χ4n) is 3.08. The van der Waals surface area contributed by atoms with Gasteiger partial charge < -0.3 is 9.64 Å². The first-order valence-electron chi connectivity index (χ1n) is 7.61. The molecule has 0 spiro atoms. The molecule has 2 aliphatic rings. The Bertz CT molecular complexity index is 566. The summed E-state index contributed by atoms with van der Waals surface area (Å²) in [5, 5.41) is 4.21. The van der Waals surface area contributed by atoms with Crippen molar-refractivity contribution in [3.05, 3.63) is 11.8 Å². The maximum absolute atomic E-state index is 12.6. The van der Waals surface area contributed by atoms with Gasteiger partial charge in [0.05, 0.1) is 13.1 Å². The van der Waals surface area contributed by atoms with E-state index in [4.69, 9.17) is 4.74 Å². The standard InChI is InChI=1S/C14H19F3N4O2/c1-10-7-19(9-14(15,16)17)2-3-20(8-10)13(22)11-6-12-21(18-11)4-5-23-12/h6,10H,2-5,7-9H2,1H3. The molecule has 1 fully saturated rings. The van der Waals surface area contributed by atoms with Crippen LogP contribution in [0.25, 0.3) is 0 Å². The molecule has 0 bridgehead atoms. The number of alkyl halides is 3. The number of rotatable bonds is 2. The number of carbonyl (C=O) groups is 1. The second kappa shape index (κ2) is 6.03. The van der Waals surface area contributed by atoms with Crippen LogP contribution in [0, 0.1) is 5.92 Å². The topological polar surface area (TPSA) is 50.6 Å². The Hall–Kier alpha value is -1.77. The van der Waals surface area contributed by atoms with E-state index in [2.05, 4.69) is 5.10 Å². The minimum absolute atomic E-state index is 0.0329. The van der Waals surface area contributed by atoms with E-state index < -0.39 is 12.7 Å². The Balaban J connectivity index is 1.66. The molecule has 23 heavy (non-hydrogen) atoms. The van der Waals surface area contributed by atoms with Crippen molar-refractivity contribution in [2.24, 2.45) is 5.92 Å². The largest absolute Gasteiger partial charge is 0.476 e. The average molecular weight is 332 g/mol. The van der Waals surface area contributed by atoms with E-state index in [1.165, 1.54) is 4.90 Å². The monoisotopic (exact) mass is 332 g/mol. The summed E-state index contributed by atoms with van der Waals surface area (Å²) < 4.78 is 44.7. The van der Waals surface area contributed by atoms with Crippen LogP contribution in [0.1, 0.15) is 17.4 Å². The summed E-state index contributed by atoms with van der Waals surface area (Å²) in [5.74, 6) is 0.278. The minimum atomic E-state index is -4.22. The molecule has 1 aromatic rings. The normalized spacial score (nSPS) is 22.6.